The predicted molar refractivity (Wildman–Crippen MR) is 88.4 cm³/mol. The van der Waals surface area contributed by atoms with Crippen molar-refractivity contribution in [2.24, 2.45) is 0 Å². The lowest BCUT2D eigenvalue weighted by Gasteiger charge is -2.28. The van der Waals surface area contributed by atoms with E-state index < -0.39 is 0 Å². The summed E-state index contributed by atoms with van der Waals surface area (Å²) in [5.41, 5.74) is 5.16. The SMILES string of the molecule is CC1c2c(cnc3ccccc23)C=CC1c1ccccc1. The maximum absolute atomic E-state index is 4.58. The minimum Gasteiger partial charge on any atom is -0.256 e. The van der Waals surface area contributed by atoms with Gasteiger partial charge in [0.25, 0.3) is 0 Å². The van der Waals surface area contributed by atoms with E-state index in [-0.39, 0.29) is 0 Å². The molecule has 102 valence electrons. The van der Waals surface area contributed by atoms with Gasteiger partial charge in [0.05, 0.1) is 5.52 Å². The molecule has 1 heterocycles. The van der Waals surface area contributed by atoms with Crippen molar-refractivity contribution in [2.45, 2.75) is 18.8 Å². The van der Waals surface area contributed by atoms with E-state index in [2.05, 4.69) is 78.7 Å². The van der Waals surface area contributed by atoms with E-state index >= 15 is 0 Å². The molecule has 0 N–H and O–H groups in total. The number of rotatable bonds is 1. The molecule has 2 aromatic carbocycles. The van der Waals surface area contributed by atoms with Gasteiger partial charge in [0.15, 0.2) is 0 Å². The average molecular weight is 271 g/mol. The lowest BCUT2D eigenvalue weighted by atomic mass is 9.76. The molecule has 1 aliphatic rings. The number of para-hydroxylation sites is 1. The van der Waals surface area contributed by atoms with Crippen LogP contribution in [0.1, 0.15) is 35.4 Å². The lowest BCUT2D eigenvalue weighted by Crippen LogP contribution is -2.12. The average Bonchev–Trinajstić information content (AvgIpc) is 2.55. The Bertz CT molecular complexity index is 818. The topological polar surface area (TPSA) is 12.9 Å². The molecule has 0 saturated carbocycles. The van der Waals surface area contributed by atoms with Gasteiger partial charge in [0.1, 0.15) is 0 Å². The summed E-state index contributed by atoms with van der Waals surface area (Å²) in [6.45, 7) is 2.33. The van der Waals surface area contributed by atoms with Crippen LogP contribution in [0, 0.1) is 0 Å². The molecule has 0 amide bonds. The molecule has 3 aromatic rings. The largest absolute Gasteiger partial charge is 0.256 e. The molecule has 0 fully saturated rings. The number of hydrogen-bond acceptors (Lipinski definition) is 1. The standard InChI is InChI=1S/C20H17N/c1-14-17(15-7-3-2-4-8-15)12-11-16-13-21-19-10-6-5-9-18(19)20(14)16/h2-14,17H,1H3. The molecule has 1 nitrogen and oxygen atoms in total. The van der Waals surface area contributed by atoms with Crippen molar-refractivity contribution in [3.8, 4) is 0 Å². The third kappa shape index (κ3) is 1.97. The molecule has 0 radical (unpaired) electrons. The van der Waals surface area contributed by atoms with Gasteiger partial charge in [0, 0.05) is 17.5 Å². The van der Waals surface area contributed by atoms with Crippen molar-refractivity contribution in [2.75, 3.05) is 0 Å². The van der Waals surface area contributed by atoms with Gasteiger partial charge in [-0.2, -0.15) is 0 Å². The van der Waals surface area contributed by atoms with Crippen LogP contribution in [-0.4, -0.2) is 4.98 Å². The first kappa shape index (κ1) is 12.3. The zero-order chi connectivity index (χ0) is 14.2. The van der Waals surface area contributed by atoms with Crippen molar-refractivity contribution in [1.82, 2.24) is 4.98 Å². The Balaban J connectivity index is 1.90. The van der Waals surface area contributed by atoms with E-state index in [1.165, 1.54) is 22.1 Å². The Morgan fingerprint density at radius 3 is 2.52 bits per heavy atom. The van der Waals surface area contributed by atoms with Crippen LogP contribution in [0.3, 0.4) is 0 Å². The van der Waals surface area contributed by atoms with E-state index in [0.717, 1.165) is 5.52 Å². The number of pyridine rings is 1. The fourth-order valence-corrected chi connectivity index (χ4v) is 3.45. The molecule has 1 heteroatoms. The van der Waals surface area contributed by atoms with Gasteiger partial charge in [-0.1, -0.05) is 67.6 Å². The number of nitrogens with zero attached hydrogens (tertiary/aromatic N) is 1. The minimum atomic E-state index is 0.435. The quantitative estimate of drug-likeness (QED) is 0.596. The van der Waals surface area contributed by atoms with Gasteiger partial charge in [-0.3, -0.25) is 4.98 Å². The highest BCUT2D eigenvalue weighted by Crippen LogP contribution is 2.42. The first-order valence-corrected chi connectivity index (χ1v) is 7.45. The van der Waals surface area contributed by atoms with Crippen LogP contribution in [0.25, 0.3) is 17.0 Å². The van der Waals surface area contributed by atoms with Crippen molar-refractivity contribution in [3.63, 3.8) is 0 Å². The zero-order valence-electron chi connectivity index (χ0n) is 12.0. The van der Waals surface area contributed by atoms with Gasteiger partial charge in [-0.15, -0.1) is 0 Å². The van der Waals surface area contributed by atoms with E-state index in [0.29, 0.717) is 11.8 Å². The highest BCUT2D eigenvalue weighted by Gasteiger charge is 2.25. The summed E-state index contributed by atoms with van der Waals surface area (Å²) in [5, 5.41) is 1.28. The summed E-state index contributed by atoms with van der Waals surface area (Å²) in [5.74, 6) is 0.893. The number of benzene rings is 2. The molecule has 0 saturated heterocycles. The molecule has 21 heavy (non-hydrogen) atoms. The molecule has 0 bridgehead atoms. The van der Waals surface area contributed by atoms with Crippen molar-refractivity contribution in [3.05, 3.63) is 83.6 Å². The predicted octanol–water partition coefficient (Wildman–Crippen LogP) is 5.15. The van der Waals surface area contributed by atoms with Crippen LogP contribution in [0.15, 0.2) is 66.9 Å². The van der Waals surface area contributed by atoms with Crippen LogP contribution in [0.4, 0.5) is 0 Å². The third-order valence-corrected chi connectivity index (χ3v) is 4.51. The normalized spacial score (nSPS) is 20.4. The lowest BCUT2D eigenvalue weighted by molar-refractivity contribution is 0.674. The molecule has 0 spiro atoms. The molecular formula is C20H17N. The molecule has 1 aromatic heterocycles. The maximum atomic E-state index is 4.58. The van der Waals surface area contributed by atoms with Gasteiger partial charge >= 0.3 is 0 Å². The zero-order valence-corrected chi connectivity index (χ0v) is 12.0. The molecule has 2 unspecified atom stereocenters. The highest BCUT2D eigenvalue weighted by atomic mass is 14.7. The maximum Gasteiger partial charge on any atom is 0.0705 e. The molecule has 2 atom stereocenters. The first-order chi connectivity index (χ1) is 10.3. The second-order valence-corrected chi connectivity index (χ2v) is 5.73. The van der Waals surface area contributed by atoms with Crippen molar-refractivity contribution in [1.29, 1.82) is 0 Å². The highest BCUT2D eigenvalue weighted by molar-refractivity contribution is 5.86. The first-order valence-electron chi connectivity index (χ1n) is 7.45. The van der Waals surface area contributed by atoms with Crippen LogP contribution in [0.2, 0.25) is 0 Å². The van der Waals surface area contributed by atoms with E-state index in [1.54, 1.807) is 0 Å². The fraction of sp³-hybridized carbons (Fsp3) is 0.150. The molecule has 1 aliphatic carbocycles. The summed E-state index contributed by atoms with van der Waals surface area (Å²) >= 11 is 0. The summed E-state index contributed by atoms with van der Waals surface area (Å²) in [6.07, 6.45) is 6.55. The fourth-order valence-electron chi connectivity index (χ4n) is 3.45. The van der Waals surface area contributed by atoms with E-state index in [4.69, 9.17) is 0 Å². The Morgan fingerprint density at radius 1 is 0.905 bits per heavy atom. The van der Waals surface area contributed by atoms with Crippen LogP contribution in [-0.2, 0) is 0 Å². The van der Waals surface area contributed by atoms with Gasteiger partial charge < -0.3 is 0 Å². The van der Waals surface area contributed by atoms with Crippen LogP contribution < -0.4 is 0 Å². The molecular weight excluding hydrogens is 254 g/mol. The molecule has 0 aliphatic heterocycles. The Morgan fingerprint density at radius 2 is 1.67 bits per heavy atom. The second-order valence-electron chi connectivity index (χ2n) is 5.73. The molecule has 4 rings (SSSR count). The van der Waals surface area contributed by atoms with E-state index in [1.807, 2.05) is 6.20 Å². The van der Waals surface area contributed by atoms with Crippen LogP contribution in [0.5, 0.6) is 0 Å². The van der Waals surface area contributed by atoms with Crippen molar-refractivity contribution >= 4 is 17.0 Å². The summed E-state index contributed by atoms with van der Waals surface area (Å²) in [7, 11) is 0. The number of fused-ring (bicyclic) bond motifs is 3. The van der Waals surface area contributed by atoms with Crippen molar-refractivity contribution < 1.29 is 0 Å². The number of hydrogen-bond donors (Lipinski definition) is 0. The van der Waals surface area contributed by atoms with Gasteiger partial charge in [0.2, 0.25) is 0 Å². The summed E-state index contributed by atoms with van der Waals surface area (Å²) in [4.78, 5) is 4.58. The summed E-state index contributed by atoms with van der Waals surface area (Å²) < 4.78 is 0. The summed E-state index contributed by atoms with van der Waals surface area (Å²) in [6, 6.07) is 19.2. The minimum absolute atomic E-state index is 0.435. The Hall–Kier alpha value is -2.41. The second kappa shape index (κ2) is 4.85. The van der Waals surface area contributed by atoms with E-state index in [9.17, 15) is 0 Å². The Kier molecular flexibility index (Phi) is 2.85. The van der Waals surface area contributed by atoms with Gasteiger partial charge in [-0.25, -0.2) is 0 Å². The smallest absolute Gasteiger partial charge is 0.0705 e. The third-order valence-electron chi connectivity index (χ3n) is 4.51. The number of aromatic nitrogens is 1. The Labute approximate surface area is 125 Å². The van der Waals surface area contributed by atoms with Gasteiger partial charge in [-0.05, 0) is 28.7 Å². The monoisotopic (exact) mass is 271 g/mol. The number of allylic oxidation sites excluding steroid dienone is 1. The van der Waals surface area contributed by atoms with Crippen LogP contribution >= 0.6 is 0 Å².